The number of thioether (sulfide) groups is 1. The number of aromatic nitrogens is 2. The molecule has 0 amide bonds. The van der Waals surface area contributed by atoms with Gasteiger partial charge < -0.3 is 4.74 Å². The van der Waals surface area contributed by atoms with E-state index in [1.54, 1.807) is 0 Å². The van der Waals surface area contributed by atoms with E-state index in [1.165, 1.54) is 30.2 Å². The SMILES string of the molecule is CSc1ncnc(-c2cc(OC(C)C)c(Cl)cc2F)c1Cl. The first-order valence-electron chi connectivity index (χ1n) is 6.14. The van der Waals surface area contributed by atoms with E-state index in [9.17, 15) is 4.39 Å². The van der Waals surface area contributed by atoms with Crippen molar-refractivity contribution in [3.05, 3.63) is 34.3 Å². The molecule has 0 spiro atoms. The molecule has 0 unspecified atom stereocenters. The second kappa shape index (κ2) is 6.81. The first kappa shape index (κ1) is 16.3. The molecular formula is C14H13Cl2FN2OS. The predicted octanol–water partition coefficient (Wildman–Crippen LogP) is 5.10. The molecule has 0 N–H and O–H groups in total. The molecule has 0 bridgehead atoms. The molecule has 7 heteroatoms. The van der Waals surface area contributed by atoms with Gasteiger partial charge in [-0.05, 0) is 32.2 Å². The highest BCUT2D eigenvalue weighted by atomic mass is 35.5. The predicted molar refractivity (Wildman–Crippen MR) is 85.0 cm³/mol. The molecular weight excluding hydrogens is 334 g/mol. The highest BCUT2D eigenvalue weighted by molar-refractivity contribution is 7.98. The average molecular weight is 347 g/mol. The molecule has 0 saturated carbocycles. The Morgan fingerprint density at radius 1 is 1.24 bits per heavy atom. The lowest BCUT2D eigenvalue weighted by atomic mass is 10.1. The third kappa shape index (κ3) is 3.59. The van der Waals surface area contributed by atoms with Crippen LogP contribution in [0.5, 0.6) is 5.75 Å². The lowest BCUT2D eigenvalue weighted by molar-refractivity contribution is 0.242. The van der Waals surface area contributed by atoms with Crippen molar-refractivity contribution in [1.29, 1.82) is 0 Å². The van der Waals surface area contributed by atoms with Crippen LogP contribution in [0, 0.1) is 5.82 Å². The van der Waals surface area contributed by atoms with Gasteiger partial charge in [-0.1, -0.05) is 23.2 Å². The first-order chi connectivity index (χ1) is 9.93. The molecule has 1 aromatic carbocycles. The standard InChI is InChI=1S/C14H13Cl2FN2OS/c1-7(2)20-11-4-8(10(17)5-9(11)15)13-12(16)14(21-3)19-6-18-13/h4-7H,1-3H3. The Kier molecular flexibility index (Phi) is 5.30. The summed E-state index contributed by atoms with van der Waals surface area (Å²) in [4.78, 5) is 8.11. The van der Waals surface area contributed by atoms with E-state index >= 15 is 0 Å². The molecule has 0 aliphatic carbocycles. The molecule has 0 aliphatic rings. The molecule has 0 atom stereocenters. The van der Waals surface area contributed by atoms with E-state index in [0.29, 0.717) is 21.5 Å². The molecule has 1 heterocycles. The quantitative estimate of drug-likeness (QED) is 0.569. The van der Waals surface area contributed by atoms with Crippen molar-refractivity contribution in [2.45, 2.75) is 25.0 Å². The third-order valence-electron chi connectivity index (χ3n) is 2.59. The Balaban J connectivity index is 2.58. The molecule has 3 nitrogen and oxygen atoms in total. The van der Waals surface area contributed by atoms with Crippen LogP contribution in [0.25, 0.3) is 11.3 Å². The summed E-state index contributed by atoms with van der Waals surface area (Å²) in [7, 11) is 0. The highest BCUT2D eigenvalue weighted by Crippen LogP contribution is 2.37. The van der Waals surface area contributed by atoms with Crippen LogP contribution >= 0.6 is 35.0 Å². The minimum absolute atomic E-state index is 0.0801. The van der Waals surface area contributed by atoms with Gasteiger partial charge in [0.25, 0.3) is 0 Å². The highest BCUT2D eigenvalue weighted by Gasteiger charge is 2.18. The van der Waals surface area contributed by atoms with Crippen molar-refractivity contribution in [2.75, 3.05) is 6.26 Å². The summed E-state index contributed by atoms with van der Waals surface area (Å²) in [6.07, 6.45) is 3.11. The number of hydrogen-bond acceptors (Lipinski definition) is 4. The fourth-order valence-corrected chi connectivity index (χ4v) is 2.79. The molecule has 0 saturated heterocycles. The maximum atomic E-state index is 14.2. The largest absolute Gasteiger partial charge is 0.489 e. The van der Waals surface area contributed by atoms with Gasteiger partial charge in [-0.3, -0.25) is 0 Å². The number of hydrogen-bond donors (Lipinski definition) is 0. The Bertz CT molecular complexity index is 668. The van der Waals surface area contributed by atoms with Crippen molar-refractivity contribution in [2.24, 2.45) is 0 Å². The van der Waals surface area contributed by atoms with E-state index in [1.807, 2.05) is 20.1 Å². The smallest absolute Gasteiger partial charge is 0.139 e. The number of ether oxygens (including phenoxy) is 1. The Labute approximate surface area is 136 Å². The van der Waals surface area contributed by atoms with E-state index in [-0.39, 0.29) is 16.7 Å². The van der Waals surface area contributed by atoms with Crippen LogP contribution in [0.1, 0.15) is 13.8 Å². The van der Waals surface area contributed by atoms with Crippen molar-refractivity contribution in [1.82, 2.24) is 9.97 Å². The lowest BCUT2D eigenvalue weighted by Gasteiger charge is -2.14. The summed E-state index contributed by atoms with van der Waals surface area (Å²) < 4.78 is 19.8. The number of rotatable bonds is 4. The number of halogens is 3. The summed E-state index contributed by atoms with van der Waals surface area (Å²) in [5.74, 6) is -0.118. The zero-order valence-electron chi connectivity index (χ0n) is 11.7. The maximum Gasteiger partial charge on any atom is 0.139 e. The average Bonchev–Trinajstić information content (AvgIpc) is 2.42. The van der Waals surface area contributed by atoms with Gasteiger partial charge in [0, 0.05) is 5.56 Å². The van der Waals surface area contributed by atoms with Gasteiger partial charge >= 0.3 is 0 Å². The molecule has 0 aliphatic heterocycles. The zero-order valence-corrected chi connectivity index (χ0v) is 14.0. The number of nitrogens with zero attached hydrogens (tertiary/aromatic N) is 2. The fraction of sp³-hybridized carbons (Fsp3) is 0.286. The minimum atomic E-state index is -0.510. The van der Waals surface area contributed by atoms with Crippen LogP contribution in [0.15, 0.2) is 23.5 Å². The van der Waals surface area contributed by atoms with Gasteiger partial charge in [0.05, 0.1) is 21.8 Å². The molecule has 1 aromatic heterocycles. The van der Waals surface area contributed by atoms with E-state index < -0.39 is 5.82 Å². The van der Waals surface area contributed by atoms with Crippen LogP contribution in [0.2, 0.25) is 10.0 Å². The molecule has 2 aromatic rings. The molecule has 112 valence electrons. The summed E-state index contributed by atoms with van der Waals surface area (Å²) in [5, 5.41) is 1.10. The Morgan fingerprint density at radius 2 is 1.95 bits per heavy atom. The van der Waals surface area contributed by atoms with Crippen LogP contribution in [-0.4, -0.2) is 22.3 Å². The molecule has 2 rings (SSSR count). The zero-order chi connectivity index (χ0) is 15.6. The van der Waals surface area contributed by atoms with Crippen molar-refractivity contribution in [3.63, 3.8) is 0 Å². The summed E-state index contributed by atoms with van der Waals surface area (Å²) in [6, 6.07) is 2.71. The first-order valence-corrected chi connectivity index (χ1v) is 8.12. The van der Waals surface area contributed by atoms with Gasteiger partial charge in [0.1, 0.15) is 22.9 Å². The van der Waals surface area contributed by atoms with Crippen LogP contribution in [-0.2, 0) is 0 Å². The van der Waals surface area contributed by atoms with Crippen LogP contribution in [0.3, 0.4) is 0 Å². The summed E-state index contributed by atoms with van der Waals surface area (Å²) >= 11 is 13.6. The molecule has 0 radical (unpaired) electrons. The van der Waals surface area contributed by atoms with Crippen molar-refractivity contribution >= 4 is 35.0 Å². The minimum Gasteiger partial charge on any atom is -0.489 e. The topological polar surface area (TPSA) is 35.0 Å². The van der Waals surface area contributed by atoms with Crippen LogP contribution in [0.4, 0.5) is 4.39 Å². The Morgan fingerprint density at radius 3 is 2.57 bits per heavy atom. The van der Waals surface area contributed by atoms with Crippen molar-refractivity contribution in [3.8, 4) is 17.0 Å². The van der Waals surface area contributed by atoms with Crippen molar-refractivity contribution < 1.29 is 9.13 Å². The van der Waals surface area contributed by atoms with Gasteiger partial charge in [-0.2, -0.15) is 0 Å². The lowest BCUT2D eigenvalue weighted by Crippen LogP contribution is -2.06. The van der Waals surface area contributed by atoms with Gasteiger partial charge in [-0.25, -0.2) is 14.4 Å². The number of benzene rings is 1. The van der Waals surface area contributed by atoms with Gasteiger partial charge in [0.15, 0.2) is 0 Å². The third-order valence-corrected chi connectivity index (χ3v) is 4.05. The van der Waals surface area contributed by atoms with E-state index in [4.69, 9.17) is 27.9 Å². The Hall–Kier alpha value is -1.04. The van der Waals surface area contributed by atoms with E-state index in [0.717, 1.165) is 0 Å². The fourth-order valence-electron chi connectivity index (χ4n) is 1.74. The van der Waals surface area contributed by atoms with Gasteiger partial charge in [-0.15, -0.1) is 11.8 Å². The van der Waals surface area contributed by atoms with E-state index in [2.05, 4.69) is 9.97 Å². The maximum absolute atomic E-state index is 14.2. The van der Waals surface area contributed by atoms with Gasteiger partial charge in [0.2, 0.25) is 0 Å². The molecule has 0 fully saturated rings. The molecule has 21 heavy (non-hydrogen) atoms. The normalized spacial score (nSPS) is 11.0. The second-order valence-corrected chi connectivity index (χ2v) is 6.05. The summed E-state index contributed by atoms with van der Waals surface area (Å²) in [5.41, 5.74) is 0.552. The monoisotopic (exact) mass is 346 g/mol. The second-order valence-electron chi connectivity index (χ2n) is 4.47. The summed E-state index contributed by atoms with van der Waals surface area (Å²) in [6.45, 7) is 3.73. The van der Waals surface area contributed by atoms with Crippen LogP contribution < -0.4 is 4.74 Å².